The quantitative estimate of drug-likeness (QED) is 0.809. The number of anilines is 1. The molecule has 0 spiro atoms. The monoisotopic (exact) mass is 380 g/mol. The number of carbonyl (C=O) groups excluding carboxylic acids is 2. The molecule has 0 fully saturated rings. The van der Waals surface area contributed by atoms with E-state index >= 15 is 0 Å². The highest BCUT2D eigenvalue weighted by atomic mass is 16.5. The fourth-order valence-electron chi connectivity index (χ4n) is 3.23. The van der Waals surface area contributed by atoms with Crippen molar-refractivity contribution in [1.82, 2.24) is 4.90 Å². The fourth-order valence-corrected chi connectivity index (χ4v) is 3.23. The van der Waals surface area contributed by atoms with Crippen LogP contribution in [0.25, 0.3) is 6.08 Å². The number of rotatable bonds is 5. The minimum absolute atomic E-state index is 0.0358. The lowest BCUT2D eigenvalue weighted by molar-refractivity contribution is -0.126. The molecule has 0 aliphatic carbocycles. The van der Waals surface area contributed by atoms with Crippen LogP contribution in [0.5, 0.6) is 11.5 Å². The minimum Gasteiger partial charge on any atom is -0.493 e. The number of benzene rings is 2. The molecule has 1 aliphatic heterocycles. The largest absolute Gasteiger partial charge is 0.493 e. The number of ether oxygens (including phenoxy) is 2. The van der Waals surface area contributed by atoms with Crippen molar-refractivity contribution in [3.63, 3.8) is 0 Å². The van der Waals surface area contributed by atoms with Crippen LogP contribution in [0.3, 0.4) is 0 Å². The Hall–Kier alpha value is -3.28. The molecule has 28 heavy (non-hydrogen) atoms. The van der Waals surface area contributed by atoms with Crippen LogP contribution in [0.15, 0.2) is 42.5 Å². The van der Waals surface area contributed by atoms with E-state index in [2.05, 4.69) is 5.32 Å². The van der Waals surface area contributed by atoms with Crippen LogP contribution in [0.1, 0.15) is 23.6 Å². The molecule has 6 heteroatoms. The second kappa shape index (κ2) is 8.61. The molecule has 1 heterocycles. The molecule has 0 radical (unpaired) electrons. The van der Waals surface area contributed by atoms with Gasteiger partial charge in [-0.1, -0.05) is 12.1 Å². The van der Waals surface area contributed by atoms with Gasteiger partial charge in [-0.25, -0.2) is 0 Å². The SMILES string of the molecule is COc1cc2c(cc1OC)CN(C(=O)/C=C/c1ccc(NC(C)=O)cc1)CC2. The van der Waals surface area contributed by atoms with Gasteiger partial charge in [0.05, 0.1) is 14.2 Å². The number of hydrogen-bond donors (Lipinski definition) is 1. The lowest BCUT2D eigenvalue weighted by Gasteiger charge is -2.28. The van der Waals surface area contributed by atoms with Gasteiger partial charge in [-0.15, -0.1) is 0 Å². The number of methoxy groups -OCH3 is 2. The highest BCUT2D eigenvalue weighted by molar-refractivity contribution is 5.92. The van der Waals surface area contributed by atoms with E-state index < -0.39 is 0 Å². The smallest absolute Gasteiger partial charge is 0.246 e. The predicted octanol–water partition coefficient (Wildman–Crippen LogP) is 3.26. The Bertz CT molecular complexity index is 903. The zero-order valence-corrected chi connectivity index (χ0v) is 16.3. The van der Waals surface area contributed by atoms with E-state index in [1.807, 2.05) is 41.3 Å². The molecule has 0 aromatic heterocycles. The summed E-state index contributed by atoms with van der Waals surface area (Å²) in [6.45, 7) is 2.67. The van der Waals surface area contributed by atoms with Crippen LogP contribution in [-0.2, 0) is 22.6 Å². The minimum atomic E-state index is -0.113. The number of nitrogens with one attached hydrogen (secondary N) is 1. The molecule has 0 saturated carbocycles. The van der Waals surface area contributed by atoms with Gasteiger partial charge in [0.25, 0.3) is 0 Å². The molecule has 2 aromatic rings. The van der Waals surface area contributed by atoms with E-state index in [9.17, 15) is 9.59 Å². The number of fused-ring (bicyclic) bond motifs is 1. The fraction of sp³-hybridized carbons (Fsp3) is 0.273. The van der Waals surface area contributed by atoms with Gasteiger partial charge in [-0.05, 0) is 53.5 Å². The summed E-state index contributed by atoms with van der Waals surface area (Å²) in [5, 5.41) is 2.72. The normalized spacial score (nSPS) is 13.2. The molecular weight excluding hydrogens is 356 g/mol. The van der Waals surface area contributed by atoms with Crippen molar-refractivity contribution in [2.45, 2.75) is 19.9 Å². The van der Waals surface area contributed by atoms with Crippen LogP contribution >= 0.6 is 0 Å². The lowest BCUT2D eigenvalue weighted by atomic mass is 9.98. The first-order chi connectivity index (χ1) is 13.5. The predicted molar refractivity (Wildman–Crippen MR) is 108 cm³/mol. The van der Waals surface area contributed by atoms with E-state index in [4.69, 9.17) is 9.47 Å². The summed E-state index contributed by atoms with van der Waals surface area (Å²) in [6.07, 6.45) is 4.14. The van der Waals surface area contributed by atoms with Crippen LogP contribution < -0.4 is 14.8 Å². The van der Waals surface area contributed by atoms with Gasteiger partial charge in [0, 0.05) is 31.8 Å². The van der Waals surface area contributed by atoms with E-state index in [0.29, 0.717) is 24.6 Å². The summed E-state index contributed by atoms with van der Waals surface area (Å²) in [6, 6.07) is 11.3. The molecule has 0 atom stereocenters. The molecule has 1 aliphatic rings. The second-order valence-corrected chi connectivity index (χ2v) is 6.62. The number of hydrogen-bond acceptors (Lipinski definition) is 4. The van der Waals surface area contributed by atoms with Gasteiger partial charge in [-0.2, -0.15) is 0 Å². The van der Waals surface area contributed by atoms with Crippen molar-refractivity contribution in [2.24, 2.45) is 0 Å². The highest BCUT2D eigenvalue weighted by Crippen LogP contribution is 2.33. The van der Waals surface area contributed by atoms with Gasteiger partial charge in [0.2, 0.25) is 11.8 Å². The van der Waals surface area contributed by atoms with Crippen LogP contribution in [0, 0.1) is 0 Å². The third-order valence-electron chi connectivity index (χ3n) is 4.68. The van der Waals surface area contributed by atoms with Gasteiger partial charge in [0.15, 0.2) is 11.5 Å². The van der Waals surface area contributed by atoms with Crippen LogP contribution in [-0.4, -0.2) is 37.5 Å². The van der Waals surface area contributed by atoms with Gasteiger partial charge in [0.1, 0.15) is 0 Å². The Labute approximate surface area is 164 Å². The van der Waals surface area contributed by atoms with E-state index in [1.165, 1.54) is 12.5 Å². The topological polar surface area (TPSA) is 67.9 Å². The third kappa shape index (κ3) is 4.52. The molecule has 1 N–H and O–H groups in total. The highest BCUT2D eigenvalue weighted by Gasteiger charge is 2.21. The maximum Gasteiger partial charge on any atom is 0.246 e. The molecule has 3 rings (SSSR count). The molecule has 146 valence electrons. The Morgan fingerprint density at radius 3 is 2.29 bits per heavy atom. The zero-order valence-electron chi connectivity index (χ0n) is 16.3. The van der Waals surface area contributed by atoms with E-state index in [0.717, 1.165) is 23.2 Å². The van der Waals surface area contributed by atoms with Crippen molar-refractivity contribution in [1.29, 1.82) is 0 Å². The average Bonchev–Trinajstić information content (AvgIpc) is 2.71. The number of carbonyl (C=O) groups is 2. The van der Waals surface area contributed by atoms with Gasteiger partial charge < -0.3 is 19.7 Å². The third-order valence-corrected chi connectivity index (χ3v) is 4.68. The Morgan fingerprint density at radius 1 is 1.04 bits per heavy atom. The summed E-state index contributed by atoms with van der Waals surface area (Å²) in [5.74, 6) is 1.23. The summed E-state index contributed by atoms with van der Waals surface area (Å²) in [4.78, 5) is 25.5. The van der Waals surface area contributed by atoms with Crippen molar-refractivity contribution < 1.29 is 19.1 Å². The Kier molecular flexibility index (Phi) is 5.99. The molecule has 2 amide bonds. The van der Waals surface area contributed by atoms with E-state index in [-0.39, 0.29) is 11.8 Å². The summed E-state index contributed by atoms with van der Waals surface area (Å²) in [7, 11) is 3.23. The number of nitrogens with zero attached hydrogens (tertiary/aromatic N) is 1. The van der Waals surface area contributed by atoms with Crippen molar-refractivity contribution in [2.75, 3.05) is 26.1 Å². The molecular formula is C22H24N2O4. The first kappa shape index (κ1) is 19.5. The Morgan fingerprint density at radius 2 is 1.68 bits per heavy atom. The second-order valence-electron chi connectivity index (χ2n) is 6.62. The summed E-state index contributed by atoms with van der Waals surface area (Å²) in [5.41, 5.74) is 3.88. The summed E-state index contributed by atoms with van der Waals surface area (Å²) < 4.78 is 10.7. The number of amides is 2. The van der Waals surface area contributed by atoms with E-state index in [1.54, 1.807) is 26.4 Å². The molecule has 0 bridgehead atoms. The van der Waals surface area contributed by atoms with Crippen LogP contribution in [0.2, 0.25) is 0 Å². The molecule has 0 saturated heterocycles. The molecule has 6 nitrogen and oxygen atoms in total. The first-order valence-corrected chi connectivity index (χ1v) is 9.08. The van der Waals surface area contributed by atoms with Crippen molar-refractivity contribution in [3.8, 4) is 11.5 Å². The standard InChI is InChI=1S/C22H24N2O4/c1-15(25)23-19-7-4-16(5-8-19)6-9-22(26)24-11-10-17-12-20(27-2)21(28-3)13-18(17)14-24/h4-9,12-13H,10-11,14H2,1-3H3,(H,23,25)/b9-6+. The Balaban J connectivity index is 1.67. The van der Waals surface area contributed by atoms with Crippen molar-refractivity contribution in [3.05, 3.63) is 59.2 Å². The zero-order chi connectivity index (χ0) is 20.1. The summed E-state index contributed by atoms with van der Waals surface area (Å²) >= 11 is 0. The van der Waals surface area contributed by atoms with Gasteiger partial charge in [-0.3, -0.25) is 9.59 Å². The average molecular weight is 380 g/mol. The maximum absolute atomic E-state index is 12.6. The maximum atomic E-state index is 12.6. The molecule has 0 unspecified atom stereocenters. The van der Waals surface area contributed by atoms with Crippen molar-refractivity contribution >= 4 is 23.6 Å². The lowest BCUT2D eigenvalue weighted by Crippen LogP contribution is -2.34. The van der Waals surface area contributed by atoms with Gasteiger partial charge >= 0.3 is 0 Å². The first-order valence-electron chi connectivity index (χ1n) is 9.08. The van der Waals surface area contributed by atoms with Crippen LogP contribution in [0.4, 0.5) is 5.69 Å². The molecule has 2 aromatic carbocycles.